The number of aromatic nitrogens is 1. The maximum absolute atomic E-state index is 13.7. The Balaban J connectivity index is 2.11. The summed E-state index contributed by atoms with van der Waals surface area (Å²) in [7, 11) is -3.94. The maximum Gasteiger partial charge on any atom is 0.265 e. The van der Waals surface area contributed by atoms with Crippen molar-refractivity contribution >= 4 is 15.9 Å². The molecule has 5 nitrogen and oxygen atoms in total. The van der Waals surface area contributed by atoms with Gasteiger partial charge in [0.05, 0.1) is 10.6 Å². The second-order valence-corrected chi connectivity index (χ2v) is 10.2. The van der Waals surface area contributed by atoms with Crippen LogP contribution in [-0.4, -0.2) is 13.6 Å². The summed E-state index contributed by atoms with van der Waals surface area (Å²) in [6.45, 7) is 11.7. The van der Waals surface area contributed by atoms with E-state index in [1.165, 1.54) is 19.3 Å². The fourth-order valence-corrected chi connectivity index (χ4v) is 5.71. The fraction of sp³-hybridized carbons (Fsp3) is 0.370. The van der Waals surface area contributed by atoms with Crippen LogP contribution in [0.2, 0.25) is 0 Å². The van der Waals surface area contributed by atoms with E-state index in [2.05, 4.69) is 23.4 Å². The number of rotatable bonds is 11. The Morgan fingerprint density at radius 1 is 1.03 bits per heavy atom. The first-order valence-corrected chi connectivity index (χ1v) is 13.1. The van der Waals surface area contributed by atoms with Crippen molar-refractivity contribution in [1.29, 1.82) is 0 Å². The Labute approximate surface area is 198 Å². The number of hydrogen-bond donors (Lipinski definition) is 1. The van der Waals surface area contributed by atoms with Gasteiger partial charge in [-0.05, 0) is 43.9 Å². The molecule has 33 heavy (non-hydrogen) atoms. The van der Waals surface area contributed by atoms with Gasteiger partial charge < -0.3 is 4.52 Å². The monoisotopic (exact) mass is 466 g/mol. The van der Waals surface area contributed by atoms with Crippen LogP contribution in [0.1, 0.15) is 67.3 Å². The first-order chi connectivity index (χ1) is 15.8. The highest BCUT2D eigenvalue weighted by atomic mass is 32.2. The molecule has 0 saturated heterocycles. The van der Waals surface area contributed by atoms with Crippen LogP contribution in [0, 0.1) is 20.8 Å². The molecule has 6 heteroatoms. The molecular weight excluding hydrogens is 432 g/mol. The minimum absolute atomic E-state index is 0.0925. The number of unbranched alkanes of at least 4 members (excludes halogenated alkanes) is 3. The van der Waals surface area contributed by atoms with Crippen molar-refractivity contribution < 1.29 is 12.9 Å². The number of benzene rings is 2. The zero-order chi connectivity index (χ0) is 24.0. The van der Waals surface area contributed by atoms with Crippen molar-refractivity contribution in [2.24, 2.45) is 0 Å². The third kappa shape index (κ3) is 5.56. The normalized spacial score (nSPS) is 12.5. The van der Waals surface area contributed by atoms with Crippen LogP contribution >= 0.6 is 0 Å². The second kappa shape index (κ2) is 10.8. The summed E-state index contributed by atoms with van der Waals surface area (Å²) < 4.78 is 35.3. The molecule has 0 fully saturated rings. The van der Waals surface area contributed by atoms with Gasteiger partial charge in [-0.1, -0.05) is 86.3 Å². The van der Waals surface area contributed by atoms with Gasteiger partial charge in [-0.3, -0.25) is 0 Å². The summed E-state index contributed by atoms with van der Waals surface area (Å²) in [6.07, 6.45) is 7.51. The van der Waals surface area contributed by atoms with Crippen LogP contribution in [0.4, 0.5) is 5.88 Å². The number of anilines is 1. The molecule has 2 aromatic carbocycles. The Morgan fingerprint density at radius 3 is 2.36 bits per heavy atom. The molecule has 1 heterocycles. The van der Waals surface area contributed by atoms with Crippen molar-refractivity contribution in [2.45, 2.75) is 70.6 Å². The molecule has 0 aliphatic heterocycles. The molecule has 0 amide bonds. The van der Waals surface area contributed by atoms with Gasteiger partial charge in [-0.15, -0.1) is 6.58 Å². The quantitative estimate of drug-likeness (QED) is 0.237. The van der Waals surface area contributed by atoms with E-state index in [4.69, 9.17) is 4.52 Å². The molecule has 0 radical (unpaired) electrons. The van der Waals surface area contributed by atoms with Gasteiger partial charge in [0.25, 0.3) is 10.0 Å². The molecule has 0 aliphatic carbocycles. The maximum atomic E-state index is 13.7. The highest BCUT2D eigenvalue weighted by molar-refractivity contribution is 7.93. The topological polar surface area (TPSA) is 72.2 Å². The Kier molecular flexibility index (Phi) is 8.14. The van der Waals surface area contributed by atoms with E-state index in [9.17, 15) is 8.42 Å². The van der Waals surface area contributed by atoms with Gasteiger partial charge in [-0.25, -0.2) is 13.1 Å². The van der Waals surface area contributed by atoms with E-state index in [1.54, 1.807) is 13.8 Å². The predicted molar refractivity (Wildman–Crippen MR) is 135 cm³/mol. The second-order valence-electron chi connectivity index (χ2n) is 8.54. The van der Waals surface area contributed by atoms with Gasteiger partial charge in [0.15, 0.2) is 0 Å². The lowest BCUT2D eigenvalue weighted by atomic mass is 9.88. The average Bonchev–Trinajstić information content (AvgIpc) is 3.11. The van der Waals surface area contributed by atoms with Crippen molar-refractivity contribution in [3.05, 3.63) is 77.5 Å². The van der Waals surface area contributed by atoms with Crippen LogP contribution in [0.25, 0.3) is 11.1 Å². The van der Waals surface area contributed by atoms with Crippen molar-refractivity contribution in [3.63, 3.8) is 0 Å². The smallest absolute Gasteiger partial charge is 0.265 e. The van der Waals surface area contributed by atoms with Gasteiger partial charge >= 0.3 is 0 Å². The Hall–Kier alpha value is -2.86. The minimum atomic E-state index is -3.94. The van der Waals surface area contributed by atoms with E-state index >= 15 is 0 Å². The third-order valence-corrected chi connectivity index (χ3v) is 7.76. The summed E-state index contributed by atoms with van der Waals surface area (Å²) in [5, 5.41) is 3.89. The number of allylic oxidation sites excluding steroid dienone is 1. The number of sulfonamides is 1. The van der Waals surface area contributed by atoms with Crippen LogP contribution in [0.5, 0.6) is 0 Å². The first-order valence-electron chi connectivity index (χ1n) is 11.6. The third-order valence-electron chi connectivity index (χ3n) is 6.24. The molecule has 1 aromatic heterocycles. The fourth-order valence-electron chi connectivity index (χ4n) is 4.17. The first kappa shape index (κ1) is 24.8. The highest BCUT2D eigenvalue weighted by Crippen LogP contribution is 2.37. The lowest BCUT2D eigenvalue weighted by Crippen LogP contribution is -2.17. The number of hydrogen-bond acceptors (Lipinski definition) is 4. The highest BCUT2D eigenvalue weighted by Gasteiger charge is 2.27. The molecule has 0 spiro atoms. The summed E-state index contributed by atoms with van der Waals surface area (Å²) in [5.41, 5.74) is 4.56. The Morgan fingerprint density at radius 2 is 1.76 bits per heavy atom. The zero-order valence-electron chi connectivity index (χ0n) is 20.0. The van der Waals surface area contributed by atoms with Crippen molar-refractivity contribution in [3.8, 4) is 11.1 Å². The van der Waals surface area contributed by atoms with Gasteiger partial charge in [0, 0.05) is 17.0 Å². The molecular formula is C27H34N2O3S. The standard InChI is InChI=1S/C27H34N2O3S/c1-6-8-9-11-14-22(7-2)24-17-18-25(23-15-12-10-13-16-23)26(20(24)4)33(30,31)29-27-19(3)21(5)28-32-27/h7,10,12-13,15-18,22,29H,2,6,8-9,11,14H2,1,3-5H3. The SMILES string of the molecule is C=CC(CCCCCC)c1ccc(-c2ccccc2)c(S(=O)(=O)Nc2onc(C)c2C)c1C. The van der Waals surface area contributed by atoms with Crippen molar-refractivity contribution in [1.82, 2.24) is 5.16 Å². The number of nitrogens with one attached hydrogen (secondary N) is 1. The summed E-state index contributed by atoms with van der Waals surface area (Å²) >= 11 is 0. The van der Waals surface area contributed by atoms with E-state index < -0.39 is 10.0 Å². The van der Waals surface area contributed by atoms with Gasteiger partial charge in [0.2, 0.25) is 5.88 Å². The minimum Gasteiger partial charge on any atom is -0.337 e. The van der Waals surface area contributed by atoms with Gasteiger partial charge in [0.1, 0.15) is 0 Å². The van der Waals surface area contributed by atoms with Crippen LogP contribution in [-0.2, 0) is 10.0 Å². The molecule has 3 aromatic rings. The summed E-state index contributed by atoms with van der Waals surface area (Å²) in [5.74, 6) is 0.242. The largest absolute Gasteiger partial charge is 0.337 e. The molecule has 1 atom stereocenters. The summed E-state index contributed by atoms with van der Waals surface area (Å²) in [6, 6.07) is 13.5. The molecule has 0 saturated carbocycles. The van der Waals surface area contributed by atoms with E-state index in [0.29, 0.717) is 16.8 Å². The van der Waals surface area contributed by atoms with Crippen LogP contribution < -0.4 is 4.72 Å². The van der Waals surface area contributed by atoms with Gasteiger partial charge in [-0.2, -0.15) is 0 Å². The van der Waals surface area contributed by atoms with E-state index in [0.717, 1.165) is 29.5 Å². The Bertz CT molecular complexity index is 1200. The van der Waals surface area contributed by atoms with Crippen LogP contribution in [0.3, 0.4) is 0 Å². The predicted octanol–water partition coefficient (Wildman–Crippen LogP) is 7.31. The zero-order valence-corrected chi connectivity index (χ0v) is 20.8. The number of aryl methyl sites for hydroxylation is 1. The number of nitrogens with zero attached hydrogens (tertiary/aromatic N) is 1. The molecule has 176 valence electrons. The molecule has 0 aliphatic rings. The van der Waals surface area contributed by atoms with Crippen molar-refractivity contribution in [2.75, 3.05) is 4.72 Å². The molecule has 1 unspecified atom stereocenters. The van der Waals surface area contributed by atoms with Crippen LogP contribution in [0.15, 0.2) is 64.5 Å². The summed E-state index contributed by atoms with van der Waals surface area (Å²) in [4.78, 5) is 0.264. The van der Waals surface area contributed by atoms with E-state index in [-0.39, 0.29) is 16.7 Å². The molecule has 1 N–H and O–H groups in total. The lowest BCUT2D eigenvalue weighted by Gasteiger charge is -2.21. The average molecular weight is 467 g/mol. The molecule has 0 bridgehead atoms. The lowest BCUT2D eigenvalue weighted by molar-refractivity contribution is 0.430. The van der Waals surface area contributed by atoms with E-state index in [1.807, 2.05) is 55.5 Å². The molecule has 3 rings (SSSR count).